The Hall–Kier alpha value is -1.16. The lowest BCUT2D eigenvalue weighted by molar-refractivity contribution is 0.0569. The summed E-state index contributed by atoms with van der Waals surface area (Å²) >= 11 is 0. The number of nitrogens with one attached hydrogen (secondary N) is 1. The Morgan fingerprint density at radius 2 is 1.94 bits per heavy atom. The van der Waals surface area contributed by atoms with Gasteiger partial charge in [-0.3, -0.25) is 4.79 Å². The predicted molar refractivity (Wildman–Crippen MR) is 68.1 cm³/mol. The lowest BCUT2D eigenvalue weighted by atomic mass is 9.92. The molecule has 1 heterocycles. The summed E-state index contributed by atoms with van der Waals surface area (Å²) in [4.78, 5) is 18.9. The van der Waals surface area contributed by atoms with Crippen LogP contribution in [0.3, 0.4) is 0 Å². The number of hydrogen-bond acceptors (Lipinski definition) is 3. The molecule has 1 aromatic rings. The van der Waals surface area contributed by atoms with Gasteiger partial charge in [0.2, 0.25) is 0 Å². The molecular formula is C13H22N2O2. The molecule has 0 radical (unpaired) electrons. The van der Waals surface area contributed by atoms with Crippen molar-refractivity contribution in [1.82, 2.24) is 9.97 Å². The first-order valence-corrected chi connectivity index (χ1v) is 5.90. The van der Waals surface area contributed by atoms with Gasteiger partial charge in [0.15, 0.2) is 0 Å². The van der Waals surface area contributed by atoms with Crippen LogP contribution in [0.1, 0.15) is 52.2 Å². The van der Waals surface area contributed by atoms with Crippen LogP contribution in [0, 0.1) is 5.92 Å². The summed E-state index contributed by atoms with van der Waals surface area (Å²) in [6.07, 6.45) is -0.176. The lowest BCUT2D eigenvalue weighted by Crippen LogP contribution is -2.24. The highest BCUT2D eigenvalue weighted by Gasteiger charge is 2.22. The summed E-state index contributed by atoms with van der Waals surface area (Å²) in [5, 5.41) is 0. The van der Waals surface area contributed by atoms with E-state index < -0.39 is 0 Å². The number of aromatic amines is 1. The second-order valence-corrected chi connectivity index (χ2v) is 5.67. The van der Waals surface area contributed by atoms with Crippen molar-refractivity contribution in [2.45, 2.75) is 46.1 Å². The van der Waals surface area contributed by atoms with E-state index in [2.05, 4.69) is 9.97 Å². The number of hydrogen-bond donors (Lipinski definition) is 1. The molecule has 0 aliphatic rings. The van der Waals surface area contributed by atoms with E-state index in [-0.39, 0.29) is 23.0 Å². The molecular weight excluding hydrogens is 216 g/mol. The van der Waals surface area contributed by atoms with Crippen molar-refractivity contribution < 1.29 is 4.74 Å². The molecule has 1 rings (SSSR count). The van der Waals surface area contributed by atoms with Gasteiger partial charge < -0.3 is 9.72 Å². The van der Waals surface area contributed by atoms with Crippen LogP contribution in [0.25, 0.3) is 0 Å². The highest BCUT2D eigenvalue weighted by Crippen LogP contribution is 2.24. The quantitative estimate of drug-likeness (QED) is 0.879. The molecule has 0 aromatic carbocycles. The van der Waals surface area contributed by atoms with Crippen LogP contribution in [0.2, 0.25) is 0 Å². The van der Waals surface area contributed by atoms with Gasteiger partial charge in [0.1, 0.15) is 11.9 Å². The molecule has 0 bridgehead atoms. The van der Waals surface area contributed by atoms with Crippen LogP contribution in [0.5, 0.6) is 0 Å². The van der Waals surface area contributed by atoms with E-state index in [1.165, 1.54) is 0 Å². The van der Waals surface area contributed by atoms with Crippen molar-refractivity contribution in [2.24, 2.45) is 5.92 Å². The van der Waals surface area contributed by atoms with Crippen LogP contribution in [-0.2, 0) is 10.2 Å². The minimum absolute atomic E-state index is 0.123. The molecule has 0 saturated heterocycles. The van der Waals surface area contributed by atoms with E-state index in [9.17, 15) is 4.79 Å². The standard InChI is InChI=1S/C13H22N2O2/c1-8(2)11(17-6)12-14-9(13(3,4)5)7-10(16)15-12/h7-8,11H,1-6H3,(H,14,15,16). The van der Waals surface area contributed by atoms with Gasteiger partial charge in [-0.1, -0.05) is 34.6 Å². The van der Waals surface area contributed by atoms with Gasteiger partial charge in [0.05, 0.1) is 5.69 Å². The Bertz CT molecular complexity index is 430. The van der Waals surface area contributed by atoms with E-state index in [0.717, 1.165) is 5.69 Å². The first-order chi connectivity index (χ1) is 7.75. The normalized spacial score (nSPS) is 14.1. The van der Waals surface area contributed by atoms with Gasteiger partial charge >= 0.3 is 0 Å². The van der Waals surface area contributed by atoms with E-state index in [1.54, 1.807) is 13.2 Å². The molecule has 96 valence electrons. The molecule has 1 atom stereocenters. The Morgan fingerprint density at radius 3 is 2.35 bits per heavy atom. The fourth-order valence-electron chi connectivity index (χ4n) is 1.69. The maximum Gasteiger partial charge on any atom is 0.251 e. The average Bonchev–Trinajstić information content (AvgIpc) is 2.15. The summed E-state index contributed by atoms with van der Waals surface area (Å²) in [7, 11) is 1.63. The van der Waals surface area contributed by atoms with Crippen molar-refractivity contribution >= 4 is 0 Å². The van der Waals surface area contributed by atoms with Crippen LogP contribution in [0.15, 0.2) is 10.9 Å². The molecule has 4 heteroatoms. The number of ether oxygens (including phenoxy) is 1. The molecule has 1 N–H and O–H groups in total. The summed E-state index contributed by atoms with van der Waals surface area (Å²) < 4.78 is 5.39. The largest absolute Gasteiger partial charge is 0.373 e. The Labute approximate surface area is 102 Å². The van der Waals surface area contributed by atoms with Crippen LogP contribution in [-0.4, -0.2) is 17.1 Å². The van der Waals surface area contributed by atoms with Crippen LogP contribution >= 0.6 is 0 Å². The molecule has 4 nitrogen and oxygen atoms in total. The molecule has 0 fully saturated rings. The molecule has 0 aliphatic carbocycles. The van der Waals surface area contributed by atoms with E-state index in [4.69, 9.17) is 4.74 Å². The molecule has 0 aliphatic heterocycles. The van der Waals surface area contributed by atoms with Crippen molar-refractivity contribution in [3.05, 3.63) is 27.9 Å². The van der Waals surface area contributed by atoms with Gasteiger partial charge in [-0.2, -0.15) is 0 Å². The van der Waals surface area contributed by atoms with E-state index in [1.807, 2.05) is 34.6 Å². The first-order valence-electron chi connectivity index (χ1n) is 5.90. The summed E-state index contributed by atoms with van der Waals surface area (Å²) in [6.45, 7) is 10.2. The zero-order valence-corrected chi connectivity index (χ0v) is 11.5. The number of methoxy groups -OCH3 is 1. The molecule has 1 aromatic heterocycles. The summed E-state index contributed by atoms with van der Waals surface area (Å²) in [5.74, 6) is 0.873. The highest BCUT2D eigenvalue weighted by atomic mass is 16.5. The number of nitrogens with zero attached hydrogens (tertiary/aromatic N) is 1. The zero-order valence-electron chi connectivity index (χ0n) is 11.5. The Morgan fingerprint density at radius 1 is 1.35 bits per heavy atom. The van der Waals surface area contributed by atoms with Crippen molar-refractivity contribution in [3.63, 3.8) is 0 Å². The third-order valence-corrected chi connectivity index (χ3v) is 2.66. The lowest BCUT2D eigenvalue weighted by Gasteiger charge is -2.22. The Kier molecular flexibility index (Phi) is 4.09. The fourth-order valence-corrected chi connectivity index (χ4v) is 1.69. The van der Waals surface area contributed by atoms with Crippen molar-refractivity contribution in [3.8, 4) is 0 Å². The second-order valence-electron chi connectivity index (χ2n) is 5.67. The van der Waals surface area contributed by atoms with Gasteiger partial charge in [-0.15, -0.1) is 0 Å². The molecule has 1 unspecified atom stereocenters. The van der Waals surface area contributed by atoms with Gasteiger partial charge in [0.25, 0.3) is 5.56 Å². The first kappa shape index (κ1) is 13.9. The fraction of sp³-hybridized carbons (Fsp3) is 0.692. The topological polar surface area (TPSA) is 55.0 Å². The third-order valence-electron chi connectivity index (χ3n) is 2.66. The number of aromatic nitrogens is 2. The van der Waals surface area contributed by atoms with Crippen LogP contribution in [0.4, 0.5) is 0 Å². The van der Waals surface area contributed by atoms with Crippen molar-refractivity contribution in [2.75, 3.05) is 7.11 Å². The van der Waals surface area contributed by atoms with E-state index >= 15 is 0 Å². The summed E-state index contributed by atoms with van der Waals surface area (Å²) in [5.41, 5.74) is 0.528. The smallest absolute Gasteiger partial charge is 0.251 e. The SMILES string of the molecule is COC(c1nc(C(C)(C)C)cc(=O)[nH]1)C(C)C. The van der Waals surface area contributed by atoms with Gasteiger partial charge in [-0.25, -0.2) is 4.98 Å². The Balaban J connectivity index is 3.27. The summed E-state index contributed by atoms with van der Waals surface area (Å²) in [6, 6.07) is 1.55. The van der Waals surface area contributed by atoms with Gasteiger partial charge in [-0.05, 0) is 5.92 Å². The number of rotatable bonds is 3. The maximum atomic E-state index is 11.6. The molecule has 0 amide bonds. The molecule has 0 saturated carbocycles. The number of H-pyrrole nitrogens is 1. The van der Waals surface area contributed by atoms with Crippen LogP contribution < -0.4 is 5.56 Å². The molecule has 17 heavy (non-hydrogen) atoms. The minimum Gasteiger partial charge on any atom is -0.373 e. The minimum atomic E-state index is -0.176. The maximum absolute atomic E-state index is 11.6. The monoisotopic (exact) mass is 238 g/mol. The van der Waals surface area contributed by atoms with Gasteiger partial charge in [0, 0.05) is 18.6 Å². The zero-order chi connectivity index (χ0) is 13.2. The third kappa shape index (κ3) is 3.40. The predicted octanol–water partition coefficient (Wildman–Crippen LogP) is 2.41. The highest BCUT2D eigenvalue weighted by molar-refractivity contribution is 5.13. The molecule has 0 spiro atoms. The second kappa shape index (κ2) is 5.00. The van der Waals surface area contributed by atoms with E-state index in [0.29, 0.717) is 5.82 Å². The van der Waals surface area contributed by atoms with Crippen molar-refractivity contribution in [1.29, 1.82) is 0 Å². The average molecular weight is 238 g/mol.